The maximum Gasteiger partial charge on any atom is 0.307 e. The van der Waals surface area contributed by atoms with Gasteiger partial charge in [0.25, 0.3) is 0 Å². The zero-order chi connectivity index (χ0) is 14.4. The van der Waals surface area contributed by atoms with Gasteiger partial charge in [-0.2, -0.15) is 5.26 Å². The number of carbonyl (C=O) groups is 1. The van der Waals surface area contributed by atoms with Crippen molar-refractivity contribution >= 4 is 5.97 Å². The summed E-state index contributed by atoms with van der Waals surface area (Å²) in [4.78, 5) is 10.8. The van der Waals surface area contributed by atoms with Crippen molar-refractivity contribution in [2.75, 3.05) is 0 Å². The first kappa shape index (κ1) is 13.6. The lowest BCUT2D eigenvalue weighted by atomic mass is 10.1. The van der Waals surface area contributed by atoms with Crippen LogP contribution in [-0.2, 0) is 17.8 Å². The molecular formula is C16H13NO3. The Morgan fingerprint density at radius 2 is 2.00 bits per heavy atom. The van der Waals surface area contributed by atoms with Crippen molar-refractivity contribution in [3.05, 3.63) is 65.2 Å². The second-order valence-corrected chi connectivity index (χ2v) is 4.28. The number of benzene rings is 2. The van der Waals surface area contributed by atoms with Crippen LogP contribution in [0.15, 0.2) is 48.5 Å². The molecule has 2 aromatic rings. The van der Waals surface area contributed by atoms with Crippen molar-refractivity contribution in [3.8, 4) is 11.8 Å². The molecule has 0 saturated carbocycles. The number of hydrogen-bond acceptors (Lipinski definition) is 3. The normalized spacial score (nSPS) is 9.75. The number of aliphatic carboxylic acids is 1. The summed E-state index contributed by atoms with van der Waals surface area (Å²) in [5.41, 5.74) is 2.08. The molecule has 1 N–H and O–H groups in total. The van der Waals surface area contributed by atoms with Gasteiger partial charge in [0, 0.05) is 5.56 Å². The van der Waals surface area contributed by atoms with E-state index in [9.17, 15) is 4.79 Å². The molecule has 0 spiro atoms. The average Bonchev–Trinajstić information content (AvgIpc) is 2.46. The van der Waals surface area contributed by atoms with Crippen molar-refractivity contribution in [1.82, 2.24) is 0 Å². The van der Waals surface area contributed by atoms with Gasteiger partial charge in [-0.1, -0.05) is 30.3 Å². The van der Waals surface area contributed by atoms with Crippen LogP contribution in [0.25, 0.3) is 0 Å². The van der Waals surface area contributed by atoms with E-state index in [1.165, 1.54) is 0 Å². The monoisotopic (exact) mass is 267 g/mol. The zero-order valence-corrected chi connectivity index (χ0v) is 10.7. The van der Waals surface area contributed by atoms with Gasteiger partial charge in [0.15, 0.2) is 0 Å². The Hall–Kier alpha value is -2.80. The first-order valence-corrected chi connectivity index (χ1v) is 6.10. The molecule has 20 heavy (non-hydrogen) atoms. The maximum absolute atomic E-state index is 10.8. The number of nitrogens with zero attached hydrogens (tertiary/aromatic N) is 1. The molecule has 0 amide bonds. The summed E-state index contributed by atoms with van der Waals surface area (Å²) in [6, 6.07) is 16.2. The number of carboxylic acids is 1. The van der Waals surface area contributed by atoms with Crippen molar-refractivity contribution in [1.29, 1.82) is 5.26 Å². The van der Waals surface area contributed by atoms with Gasteiger partial charge in [-0.3, -0.25) is 4.79 Å². The second kappa shape index (κ2) is 6.39. The molecule has 0 unspecified atom stereocenters. The fourth-order valence-corrected chi connectivity index (χ4v) is 1.85. The second-order valence-electron chi connectivity index (χ2n) is 4.28. The summed E-state index contributed by atoms with van der Waals surface area (Å²) >= 11 is 0. The Labute approximate surface area is 116 Å². The predicted octanol–water partition coefficient (Wildman–Crippen LogP) is 2.76. The van der Waals surface area contributed by atoms with Crippen molar-refractivity contribution in [2.45, 2.75) is 13.0 Å². The predicted molar refractivity (Wildman–Crippen MR) is 73.3 cm³/mol. The van der Waals surface area contributed by atoms with Gasteiger partial charge in [0.05, 0.1) is 18.1 Å². The number of carboxylic acid groups (broad SMARTS) is 1. The molecule has 0 aliphatic heterocycles. The molecular weight excluding hydrogens is 254 g/mol. The van der Waals surface area contributed by atoms with Crippen LogP contribution in [0.5, 0.6) is 5.75 Å². The third-order valence-corrected chi connectivity index (χ3v) is 2.76. The average molecular weight is 267 g/mol. The highest BCUT2D eigenvalue weighted by Gasteiger charge is 2.07. The number of para-hydroxylation sites is 1. The summed E-state index contributed by atoms with van der Waals surface area (Å²) in [5, 5.41) is 17.7. The number of hydrogen-bond donors (Lipinski definition) is 1. The molecule has 0 heterocycles. The lowest BCUT2D eigenvalue weighted by Gasteiger charge is -2.10. The van der Waals surface area contributed by atoms with Crippen LogP contribution >= 0.6 is 0 Å². The van der Waals surface area contributed by atoms with Gasteiger partial charge in [-0.05, 0) is 23.8 Å². The Morgan fingerprint density at radius 1 is 1.20 bits per heavy atom. The minimum Gasteiger partial charge on any atom is -0.489 e. The van der Waals surface area contributed by atoms with Gasteiger partial charge < -0.3 is 9.84 Å². The highest BCUT2D eigenvalue weighted by molar-refractivity contribution is 5.71. The topological polar surface area (TPSA) is 70.3 Å². The quantitative estimate of drug-likeness (QED) is 0.904. The lowest BCUT2D eigenvalue weighted by Crippen LogP contribution is -2.04. The van der Waals surface area contributed by atoms with Crippen LogP contribution in [0.2, 0.25) is 0 Å². The number of nitriles is 1. The molecule has 0 aliphatic rings. The van der Waals surface area contributed by atoms with Crippen LogP contribution in [0.3, 0.4) is 0 Å². The Morgan fingerprint density at radius 3 is 2.75 bits per heavy atom. The van der Waals surface area contributed by atoms with Crippen LogP contribution in [0, 0.1) is 11.3 Å². The van der Waals surface area contributed by atoms with Crippen LogP contribution < -0.4 is 4.74 Å². The van der Waals surface area contributed by atoms with E-state index >= 15 is 0 Å². The Bertz CT molecular complexity index is 659. The Balaban J connectivity index is 2.10. The number of rotatable bonds is 5. The molecule has 4 heteroatoms. The van der Waals surface area contributed by atoms with Gasteiger partial charge >= 0.3 is 5.97 Å². The molecule has 0 aromatic heterocycles. The minimum absolute atomic E-state index is 0.0750. The van der Waals surface area contributed by atoms with Gasteiger partial charge in [0.2, 0.25) is 0 Å². The van der Waals surface area contributed by atoms with Gasteiger partial charge in [-0.25, -0.2) is 0 Å². The summed E-state index contributed by atoms with van der Waals surface area (Å²) in [6.07, 6.45) is -0.0750. The first-order chi connectivity index (χ1) is 9.69. The van der Waals surface area contributed by atoms with Crippen molar-refractivity contribution < 1.29 is 14.6 Å². The third kappa shape index (κ3) is 3.59. The van der Waals surface area contributed by atoms with E-state index in [2.05, 4.69) is 6.07 Å². The lowest BCUT2D eigenvalue weighted by molar-refractivity contribution is -0.136. The molecule has 0 radical (unpaired) electrons. The fourth-order valence-electron chi connectivity index (χ4n) is 1.85. The van der Waals surface area contributed by atoms with Crippen molar-refractivity contribution in [2.24, 2.45) is 0 Å². The molecule has 0 aliphatic carbocycles. The maximum atomic E-state index is 10.8. The minimum atomic E-state index is -0.896. The van der Waals surface area contributed by atoms with Crippen LogP contribution in [0.1, 0.15) is 16.7 Å². The molecule has 0 bridgehead atoms. The zero-order valence-electron chi connectivity index (χ0n) is 10.7. The highest BCUT2D eigenvalue weighted by atomic mass is 16.5. The van der Waals surface area contributed by atoms with Crippen LogP contribution in [-0.4, -0.2) is 11.1 Å². The molecule has 0 saturated heterocycles. The molecule has 4 nitrogen and oxygen atoms in total. The summed E-state index contributed by atoms with van der Waals surface area (Å²) in [5.74, 6) is -0.343. The molecule has 2 aromatic carbocycles. The van der Waals surface area contributed by atoms with Gasteiger partial charge in [0.1, 0.15) is 12.4 Å². The first-order valence-electron chi connectivity index (χ1n) is 6.10. The van der Waals surface area contributed by atoms with E-state index < -0.39 is 5.97 Å². The molecule has 100 valence electrons. The van der Waals surface area contributed by atoms with E-state index in [1.807, 2.05) is 6.07 Å². The Kier molecular flexibility index (Phi) is 4.35. The SMILES string of the molecule is N#Cc1cccc(COc2ccccc2CC(=O)O)c1. The molecule has 2 rings (SSSR count). The van der Waals surface area contributed by atoms with E-state index in [0.717, 1.165) is 5.56 Å². The summed E-state index contributed by atoms with van der Waals surface area (Å²) < 4.78 is 5.65. The van der Waals surface area contributed by atoms with Crippen LogP contribution in [0.4, 0.5) is 0 Å². The molecule has 0 fully saturated rings. The molecule has 0 atom stereocenters. The summed E-state index contributed by atoms with van der Waals surface area (Å²) in [7, 11) is 0. The van der Waals surface area contributed by atoms with E-state index in [4.69, 9.17) is 15.1 Å². The van der Waals surface area contributed by atoms with Crippen molar-refractivity contribution in [3.63, 3.8) is 0 Å². The third-order valence-electron chi connectivity index (χ3n) is 2.76. The van der Waals surface area contributed by atoms with E-state index in [-0.39, 0.29) is 6.42 Å². The fraction of sp³-hybridized carbons (Fsp3) is 0.125. The number of ether oxygens (including phenoxy) is 1. The van der Waals surface area contributed by atoms with E-state index in [0.29, 0.717) is 23.5 Å². The summed E-state index contributed by atoms with van der Waals surface area (Å²) in [6.45, 7) is 0.298. The smallest absolute Gasteiger partial charge is 0.307 e. The van der Waals surface area contributed by atoms with Gasteiger partial charge in [-0.15, -0.1) is 0 Å². The standard InChI is InChI=1S/C16H13NO3/c17-10-12-4-3-5-13(8-12)11-20-15-7-2-1-6-14(15)9-16(18)19/h1-8H,9,11H2,(H,18,19). The van der Waals surface area contributed by atoms with E-state index in [1.54, 1.807) is 42.5 Å². The highest BCUT2D eigenvalue weighted by Crippen LogP contribution is 2.20. The largest absolute Gasteiger partial charge is 0.489 e.